The first-order valence-corrected chi connectivity index (χ1v) is 11.0. The number of nitrogens with one attached hydrogen (secondary N) is 1. The number of hydrogen-bond donors (Lipinski definition) is 1. The summed E-state index contributed by atoms with van der Waals surface area (Å²) in [7, 11) is 1.55. The largest absolute Gasteiger partial charge is 0.495 e. The van der Waals surface area contributed by atoms with Crippen molar-refractivity contribution in [1.82, 2.24) is 14.6 Å². The van der Waals surface area contributed by atoms with Crippen LogP contribution in [0.5, 0.6) is 5.75 Å². The summed E-state index contributed by atoms with van der Waals surface area (Å²) < 4.78 is 46.5. The van der Waals surface area contributed by atoms with Gasteiger partial charge in [-0.2, -0.15) is 18.3 Å². The zero-order valence-corrected chi connectivity index (χ0v) is 20.4. The maximum Gasteiger partial charge on any atom is 0.416 e. The monoisotopic (exact) mass is 490 g/mol. The second-order valence-corrected chi connectivity index (χ2v) is 7.79. The lowest BCUT2D eigenvalue weighted by molar-refractivity contribution is -0.137. The van der Waals surface area contributed by atoms with Gasteiger partial charge in [-0.25, -0.2) is 9.50 Å². The molecule has 2 aromatic heterocycles. The number of hydrogen-bond acceptors (Lipinski definition) is 4. The van der Waals surface area contributed by atoms with Gasteiger partial charge in [-0.1, -0.05) is 12.0 Å². The van der Waals surface area contributed by atoms with Gasteiger partial charge < -0.3 is 10.1 Å². The van der Waals surface area contributed by atoms with E-state index in [1.54, 1.807) is 43.1 Å². The zero-order valence-electron chi connectivity index (χ0n) is 20.4. The molecule has 0 aliphatic carbocycles. The normalized spacial score (nSPS) is 10.5. The van der Waals surface area contributed by atoms with Gasteiger partial charge in [0.1, 0.15) is 11.4 Å². The highest BCUT2D eigenvalue weighted by Crippen LogP contribution is 2.32. The van der Waals surface area contributed by atoms with Gasteiger partial charge in [0.25, 0.3) is 0 Å². The lowest BCUT2D eigenvalue weighted by atomic mass is 9.97. The summed E-state index contributed by atoms with van der Waals surface area (Å²) in [5.41, 5.74) is 4.48. The van der Waals surface area contributed by atoms with E-state index in [0.717, 1.165) is 28.8 Å². The molecule has 2 aromatic carbocycles. The van der Waals surface area contributed by atoms with Gasteiger partial charge in [-0.3, -0.25) is 0 Å². The Morgan fingerprint density at radius 3 is 2.56 bits per heavy atom. The van der Waals surface area contributed by atoms with E-state index >= 15 is 0 Å². The second-order valence-electron chi connectivity index (χ2n) is 7.79. The predicted octanol–water partition coefficient (Wildman–Crippen LogP) is 6.02. The molecule has 8 heteroatoms. The molecule has 1 N–H and O–H groups in total. The third-order valence-corrected chi connectivity index (χ3v) is 5.39. The van der Waals surface area contributed by atoms with Gasteiger partial charge in [0.05, 0.1) is 24.4 Å². The highest BCUT2D eigenvalue weighted by molar-refractivity contribution is 5.59. The number of imidazole rings is 1. The van der Waals surface area contributed by atoms with Crippen LogP contribution in [-0.2, 0) is 12.7 Å². The number of alkyl halides is 3. The van der Waals surface area contributed by atoms with E-state index in [2.05, 4.69) is 39.6 Å². The molecule has 0 aliphatic rings. The number of nitrogens with zero attached hydrogens (tertiary/aromatic N) is 3. The van der Waals surface area contributed by atoms with Crippen molar-refractivity contribution in [2.45, 2.75) is 33.5 Å². The molecule has 0 amide bonds. The van der Waals surface area contributed by atoms with Crippen molar-refractivity contribution in [2.75, 3.05) is 12.4 Å². The molecule has 0 fully saturated rings. The quantitative estimate of drug-likeness (QED) is 0.355. The Labute approximate surface area is 208 Å². The number of ether oxygens (including phenoxy) is 1. The summed E-state index contributed by atoms with van der Waals surface area (Å²) in [6, 6.07) is 10.7. The van der Waals surface area contributed by atoms with Crippen LogP contribution in [0, 0.1) is 38.0 Å². The van der Waals surface area contributed by atoms with E-state index in [4.69, 9.17) is 4.74 Å². The molecule has 5 nitrogen and oxygen atoms in total. The van der Waals surface area contributed by atoms with Crippen molar-refractivity contribution in [3.05, 3.63) is 88.4 Å². The number of methoxy groups -OCH3 is 1. The highest BCUT2D eigenvalue weighted by Gasteiger charge is 2.30. The van der Waals surface area contributed by atoms with Gasteiger partial charge in [0, 0.05) is 24.0 Å². The van der Waals surface area contributed by atoms with Crippen molar-refractivity contribution in [2.24, 2.45) is 0 Å². The average molecular weight is 491 g/mol. The lowest BCUT2D eigenvalue weighted by Gasteiger charge is -2.18. The van der Waals surface area contributed by atoms with Crippen molar-refractivity contribution < 1.29 is 17.9 Å². The SMILES string of the molecule is C#CC.COc1c(C#Cc2cnc3cccnn23)cc(C)c(C)c1CNc1cccc(C(F)(F)F)c1. The first kappa shape index (κ1) is 26.2. The van der Waals surface area contributed by atoms with E-state index in [1.807, 2.05) is 26.0 Å². The number of benzene rings is 2. The van der Waals surface area contributed by atoms with Gasteiger partial charge in [-0.15, -0.1) is 12.3 Å². The first-order chi connectivity index (χ1) is 17.2. The molecule has 0 bridgehead atoms. The number of anilines is 1. The zero-order chi connectivity index (χ0) is 26.3. The molecular weight excluding hydrogens is 465 g/mol. The maximum atomic E-state index is 13.0. The minimum Gasteiger partial charge on any atom is -0.495 e. The lowest BCUT2D eigenvalue weighted by Crippen LogP contribution is -2.09. The molecule has 0 unspecified atom stereocenters. The summed E-state index contributed by atoms with van der Waals surface area (Å²) in [5.74, 6) is 9.06. The van der Waals surface area contributed by atoms with Crippen LogP contribution in [-0.4, -0.2) is 21.7 Å². The smallest absolute Gasteiger partial charge is 0.416 e. The molecular formula is C28H25F3N4O. The molecule has 4 rings (SSSR count). The Balaban J connectivity index is 0.00000115. The van der Waals surface area contributed by atoms with Crippen LogP contribution < -0.4 is 10.1 Å². The van der Waals surface area contributed by atoms with Crippen LogP contribution in [0.4, 0.5) is 18.9 Å². The Morgan fingerprint density at radius 2 is 1.86 bits per heavy atom. The number of terminal acetylenes is 1. The number of halogens is 3. The first-order valence-electron chi connectivity index (χ1n) is 11.0. The number of fused-ring (bicyclic) bond motifs is 1. The highest BCUT2D eigenvalue weighted by atomic mass is 19.4. The molecule has 4 aromatic rings. The Bertz CT molecular complexity index is 1470. The molecule has 0 atom stereocenters. The van der Waals surface area contributed by atoms with Crippen LogP contribution in [0.3, 0.4) is 0 Å². The Kier molecular flexibility index (Phi) is 8.24. The van der Waals surface area contributed by atoms with Gasteiger partial charge in [-0.05, 0) is 74.2 Å². The minimum atomic E-state index is -4.40. The summed E-state index contributed by atoms with van der Waals surface area (Å²) in [5, 5.41) is 7.35. The topological polar surface area (TPSA) is 51.5 Å². The molecule has 0 saturated carbocycles. The number of aromatic nitrogens is 3. The van der Waals surface area contributed by atoms with Crippen molar-refractivity contribution >= 4 is 11.3 Å². The molecule has 0 aliphatic heterocycles. The van der Waals surface area contributed by atoms with Gasteiger partial charge >= 0.3 is 6.18 Å². The summed E-state index contributed by atoms with van der Waals surface area (Å²) in [6.07, 6.45) is 3.51. The van der Waals surface area contributed by atoms with Crippen LogP contribution in [0.25, 0.3) is 5.65 Å². The number of rotatable bonds is 4. The number of aryl methyl sites for hydroxylation is 1. The molecule has 2 heterocycles. The fourth-order valence-corrected chi connectivity index (χ4v) is 3.54. The maximum absolute atomic E-state index is 13.0. The Hall–Kier alpha value is -4.43. The minimum absolute atomic E-state index is 0.282. The van der Waals surface area contributed by atoms with Crippen LogP contribution in [0.15, 0.2) is 54.9 Å². The standard InChI is InChI=1S/C25H21F3N4O.C3H4/c1-16-12-18(9-10-21-14-30-23-8-5-11-31-32(21)23)24(33-3)22(17(16)2)15-29-20-7-4-6-19(13-20)25(26,27)28;1-3-2/h4-8,11-14,29H,15H2,1-3H3;1H,2H3. The summed E-state index contributed by atoms with van der Waals surface area (Å²) in [4.78, 5) is 4.29. The summed E-state index contributed by atoms with van der Waals surface area (Å²) >= 11 is 0. The van der Waals surface area contributed by atoms with E-state index in [9.17, 15) is 13.2 Å². The van der Waals surface area contributed by atoms with Crippen molar-refractivity contribution in [3.8, 4) is 29.9 Å². The molecule has 184 valence electrons. The van der Waals surface area contributed by atoms with Crippen LogP contribution in [0.2, 0.25) is 0 Å². The Morgan fingerprint density at radius 1 is 1.11 bits per heavy atom. The summed E-state index contributed by atoms with van der Waals surface area (Å²) in [6.45, 7) is 5.85. The van der Waals surface area contributed by atoms with E-state index in [-0.39, 0.29) is 6.54 Å². The molecule has 0 spiro atoms. The average Bonchev–Trinajstić information content (AvgIpc) is 3.27. The fourth-order valence-electron chi connectivity index (χ4n) is 3.54. The van der Waals surface area contributed by atoms with Gasteiger partial charge in [0.15, 0.2) is 5.65 Å². The molecule has 36 heavy (non-hydrogen) atoms. The van der Waals surface area contributed by atoms with Crippen molar-refractivity contribution in [1.29, 1.82) is 0 Å². The van der Waals surface area contributed by atoms with E-state index in [1.165, 1.54) is 6.07 Å². The van der Waals surface area contributed by atoms with Crippen LogP contribution in [0.1, 0.15) is 40.4 Å². The predicted molar refractivity (Wildman–Crippen MR) is 135 cm³/mol. The fraction of sp³-hybridized carbons (Fsp3) is 0.214. The van der Waals surface area contributed by atoms with E-state index in [0.29, 0.717) is 28.3 Å². The third-order valence-electron chi connectivity index (χ3n) is 5.39. The second kappa shape index (κ2) is 11.3. The van der Waals surface area contributed by atoms with E-state index < -0.39 is 11.7 Å². The molecule has 0 saturated heterocycles. The molecule has 0 radical (unpaired) electrons. The van der Waals surface area contributed by atoms with Crippen LogP contribution >= 0.6 is 0 Å². The van der Waals surface area contributed by atoms with Gasteiger partial charge in [0.2, 0.25) is 0 Å². The third kappa shape index (κ3) is 5.97. The van der Waals surface area contributed by atoms with Crippen molar-refractivity contribution in [3.63, 3.8) is 0 Å².